The maximum atomic E-state index is 12.1. The largest absolute Gasteiger partial charge is 0.478 e. The Labute approximate surface area is 166 Å². The minimum Gasteiger partial charge on any atom is -0.478 e. The van der Waals surface area contributed by atoms with Crippen molar-refractivity contribution in [2.24, 2.45) is 0 Å². The van der Waals surface area contributed by atoms with E-state index in [4.69, 9.17) is 0 Å². The molecule has 28 heavy (non-hydrogen) atoms. The summed E-state index contributed by atoms with van der Waals surface area (Å²) in [5, 5.41) is 21.1. The predicted molar refractivity (Wildman–Crippen MR) is 109 cm³/mol. The summed E-state index contributed by atoms with van der Waals surface area (Å²) in [6.45, 7) is 4.88. The fourth-order valence-corrected chi connectivity index (χ4v) is 4.85. The van der Waals surface area contributed by atoms with Gasteiger partial charge in [0.2, 0.25) is 0 Å². The molecule has 4 rings (SSSR count). The highest BCUT2D eigenvalue weighted by atomic mass is 16.4. The highest BCUT2D eigenvalue weighted by molar-refractivity contribution is 6.06. The molecular weight excluding hydrogens is 350 g/mol. The number of carboxylic acid groups (broad SMARTS) is 1. The number of likely N-dealkylation sites (tertiary alicyclic amines) is 2. The lowest BCUT2D eigenvalue weighted by Crippen LogP contribution is -2.46. The van der Waals surface area contributed by atoms with Crippen molar-refractivity contribution in [3.63, 3.8) is 0 Å². The third-order valence-electron chi connectivity index (χ3n) is 6.34. The first-order chi connectivity index (χ1) is 13.7. The van der Waals surface area contributed by atoms with Crippen LogP contribution in [0.3, 0.4) is 0 Å². The number of hydrogen-bond acceptors (Lipinski definition) is 4. The number of hydrogen-bond donors (Lipinski definition) is 1. The smallest absolute Gasteiger partial charge is 0.336 e. The Morgan fingerprint density at radius 3 is 2.50 bits per heavy atom. The topological polar surface area (TPSA) is 67.6 Å². The van der Waals surface area contributed by atoms with Crippen molar-refractivity contribution in [2.45, 2.75) is 44.7 Å². The summed E-state index contributed by atoms with van der Waals surface area (Å²) < 4.78 is 0. The summed E-state index contributed by atoms with van der Waals surface area (Å²) in [6, 6.07) is 12.2. The van der Waals surface area contributed by atoms with Gasteiger partial charge in [0.05, 0.1) is 17.2 Å². The van der Waals surface area contributed by atoms with Crippen molar-refractivity contribution in [1.82, 2.24) is 9.80 Å². The van der Waals surface area contributed by atoms with Gasteiger partial charge in [-0.05, 0) is 74.3 Å². The average molecular weight is 377 g/mol. The van der Waals surface area contributed by atoms with Crippen LogP contribution in [0.1, 0.15) is 53.6 Å². The zero-order valence-corrected chi connectivity index (χ0v) is 16.2. The Balaban J connectivity index is 1.56. The Hall–Kier alpha value is -2.42. The van der Waals surface area contributed by atoms with Gasteiger partial charge in [0, 0.05) is 12.6 Å². The van der Waals surface area contributed by atoms with Gasteiger partial charge in [-0.2, -0.15) is 5.26 Å². The molecule has 146 valence electrons. The van der Waals surface area contributed by atoms with E-state index in [-0.39, 0.29) is 5.56 Å². The molecule has 2 fully saturated rings. The summed E-state index contributed by atoms with van der Waals surface area (Å²) in [5.41, 5.74) is 1.42. The van der Waals surface area contributed by atoms with Crippen LogP contribution in [0.15, 0.2) is 30.3 Å². The van der Waals surface area contributed by atoms with E-state index in [1.165, 1.54) is 32.4 Å². The quantitative estimate of drug-likeness (QED) is 0.876. The lowest BCUT2D eigenvalue weighted by molar-refractivity contribution is 0.0692. The molecule has 0 unspecified atom stereocenters. The molecule has 1 N–H and O–H groups in total. The van der Waals surface area contributed by atoms with E-state index in [0.717, 1.165) is 31.3 Å². The van der Waals surface area contributed by atoms with Crippen molar-refractivity contribution in [3.05, 3.63) is 47.0 Å². The third kappa shape index (κ3) is 3.76. The molecule has 2 saturated heterocycles. The van der Waals surface area contributed by atoms with Gasteiger partial charge in [0.25, 0.3) is 0 Å². The van der Waals surface area contributed by atoms with Gasteiger partial charge in [-0.1, -0.05) is 30.7 Å². The second-order valence-corrected chi connectivity index (χ2v) is 8.02. The highest BCUT2D eigenvalue weighted by Gasteiger charge is 2.27. The molecule has 0 bridgehead atoms. The molecule has 2 aromatic carbocycles. The Bertz CT molecular complexity index is 904. The van der Waals surface area contributed by atoms with E-state index < -0.39 is 5.97 Å². The molecule has 5 heteroatoms. The van der Waals surface area contributed by atoms with Crippen LogP contribution in [0.4, 0.5) is 0 Å². The van der Waals surface area contributed by atoms with Crippen LogP contribution in [0.5, 0.6) is 0 Å². The van der Waals surface area contributed by atoms with Crippen LogP contribution >= 0.6 is 0 Å². The summed E-state index contributed by atoms with van der Waals surface area (Å²) in [5.74, 6) is -0.952. The molecule has 0 spiro atoms. The van der Waals surface area contributed by atoms with Gasteiger partial charge in [0.1, 0.15) is 0 Å². The number of carbonyl (C=O) groups is 1. The molecule has 2 aliphatic rings. The number of nitrogens with zero attached hydrogens (tertiary/aromatic N) is 3. The van der Waals surface area contributed by atoms with Crippen LogP contribution in [-0.4, -0.2) is 53.1 Å². The lowest BCUT2D eigenvalue weighted by atomic mass is 9.93. The number of nitriles is 1. The maximum Gasteiger partial charge on any atom is 0.336 e. The average Bonchev–Trinajstić information content (AvgIpc) is 2.74. The van der Waals surface area contributed by atoms with Crippen LogP contribution in [0.2, 0.25) is 0 Å². The predicted octanol–water partition coefficient (Wildman–Crippen LogP) is 3.86. The van der Waals surface area contributed by atoms with Gasteiger partial charge in [0.15, 0.2) is 0 Å². The second-order valence-electron chi connectivity index (χ2n) is 8.02. The normalized spacial score (nSPS) is 19.5. The van der Waals surface area contributed by atoms with Gasteiger partial charge in [-0.15, -0.1) is 0 Å². The first-order valence-electron chi connectivity index (χ1n) is 10.3. The fraction of sp³-hybridized carbons (Fsp3) is 0.478. The van der Waals surface area contributed by atoms with Crippen LogP contribution in [0.25, 0.3) is 10.8 Å². The van der Waals surface area contributed by atoms with Crippen molar-refractivity contribution in [2.75, 3.05) is 26.2 Å². The first kappa shape index (κ1) is 18.9. The minimum atomic E-state index is -0.952. The van der Waals surface area contributed by atoms with Crippen LogP contribution < -0.4 is 0 Å². The molecule has 0 atom stereocenters. The Morgan fingerprint density at radius 2 is 1.82 bits per heavy atom. The molecule has 0 saturated carbocycles. The summed E-state index contributed by atoms with van der Waals surface area (Å²) in [4.78, 5) is 17.0. The number of fused-ring (bicyclic) bond motifs is 1. The van der Waals surface area contributed by atoms with Gasteiger partial charge >= 0.3 is 5.97 Å². The Morgan fingerprint density at radius 1 is 1.11 bits per heavy atom. The van der Waals surface area contributed by atoms with Crippen molar-refractivity contribution in [1.29, 1.82) is 5.26 Å². The number of piperidine rings is 2. The van der Waals surface area contributed by atoms with E-state index in [0.29, 0.717) is 29.1 Å². The van der Waals surface area contributed by atoms with Crippen molar-refractivity contribution in [3.8, 4) is 6.07 Å². The molecular formula is C23H27N3O2. The van der Waals surface area contributed by atoms with Gasteiger partial charge < -0.3 is 10.0 Å². The standard InChI is InChI=1S/C23H27N3O2/c24-15-18-14-17-6-2-3-7-20(17)22(23(27)28)21(18)16-25-12-8-19(9-13-25)26-10-4-1-5-11-26/h2-3,6-7,14,19H,1,4-5,8-13,16H2,(H,27,28). The number of rotatable bonds is 4. The Kier molecular flexibility index (Phi) is 5.61. The SMILES string of the molecule is N#Cc1cc2ccccc2c(C(=O)O)c1CN1CCC(N2CCCCC2)CC1. The van der Waals surface area contributed by atoms with E-state index in [1.807, 2.05) is 30.3 Å². The molecule has 0 aliphatic carbocycles. The molecule has 2 aliphatic heterocycles. The van der Waals surface area contributed by atoms with E-state index in [1.54, 1.807) is 0 Å². The van der Waals surface area contributed by atoms with E-state index in [9.17, 15) is 15.2 Å². The molecule has 0 aromatic heterocycles. The number of aromatic carboxylic acids is 1. The summed E-state index contributed by atoms with van der Waals surface area (Å²) in [6.07, 6.45) is 6.22. The lowest BCUT2D eigenvalue weighted by Gasteiger charge is -2.40. The molecule has 0 radical (unpaired) electrons. The molecule has 2 aromatic rings. The second kappa shape index (κ2) is 8.30. The number of benzene rings is 2. The summed E-state index contributed by atoms with van der Waals surface area (Å²) >= 11 is 0. The molecule has 5 nitrogen and oxygen atoms in total. The first-order valence-corrected chi connectivity index (χ1v) is 10.3. The zero-order chi connectivity index (χ0) is 19.5. The van der Waals surface area contributed by atoms with E-state index >= 15 is 0 Å². The molecule has 2 heterocycles. The third-order valence-corrected chi connectivity index (χ3v) is 6.34. The van der Waals surface area contributed by atoms with Gasteiger partial charge in [-0.3, -0.25) is 4.90 Å². The maximum absolute atomic E-state index is 12.1. The minimum absolute atomic E-state index is 0.285. The monoisotopic (exact) mass is 377 g/mol. The van der Waals surface area contributed by atoms with E-state index in [2.05, 4.69) is 15.9 Å². The number of carboxylic acids is 1. The fourth-order valence-electron chi connectivity index (χ4n) is 4.85. The highest BCUT2D eigenvalue weighted by Crippen LogP contribution is 2.29. The van der Waals surface area contributed by atoms with Crippen LogP contribution in [0, 0.1) is 11.3 Å². The van der Waals surface area contributed by atoms with Crippen molar-refractivity contribution >= 4 is 16.7 Å². The molecule has 0 amide bonds. The zero-order valence-electron chi connectivity index (χ0n) is 16.2. The van der Waals surface area contributed by atoms with Gasteiger partial charge in [-0.25, -0.2) is 4.79 Å². The van der Waals surface area contributed by atoms with Crippen molar-refractivity contribution < 1.29 is 9.90 Å². The van der Waals surface area contributed by atoms with Crippen LogP contribution in [-0.2, 0) is 6.54 Å². The summed E-state index contributed by atoms with van der Waals surface area (Å²) in [7, 11) is 0.